The van der Waals surface area contributed by atoms with Crippen molar-refractivity contribution >= 4 is 17.8 Å². The van der Waals surface area contributed by atoms with Gasteiger partial charge in [0, 0.05) is 6.54 Å². The Morgan fingerprint density at radius 1 is 1.00 bits per heavy atom. The second-order valence-corrected chi connectivity index (χ2v) is 5.99. The van der Waals surface area contributed by atoms with Crippen LogP contribution >= 0.6 is 0 Å². The zero-order valence-electron chi connectivity index (χ0n) is 15.9. The summed E-state index contributed by atoms with van der Waals surface area (Å²) < 4.78 is 15.1. The van der Waals surface area contributed by atoms with E-state index in [0.717, 1.165) is 11.1 Å². The number of carbonyl (C=O) groups is 3. The van der Waals surface area contributed by atoms with Crippen molar-refractivity contribution in [1.82, 2.24) is 5.32 Å². The lowest BCUT2D eigenvalue weighted by atomic mass is 10.1. The van der Waals surface area contributed by atoms with Crippen LogP contribution in [-0.2, 0) is 25.6 Å². The average molecular weight is 385 g/mol. The molecular weight excluding hydrogens is 362 g/mol. The Kier molecular flexibility index (Phi) is 8.02. The number of benzene rings is 2. The van der Waals surface area contributed by atoms with E-state index in [1.165, 1.54) is 7.11 Å². The molecule has 0 unspecified atom stereocenters. The number of aryl methyl sites for hydroxylation is 1. The molecule has 0 aliphatic heterocycles. The maximum atomic E-state index is 11.8. The Bertz CT molecular complexity index is 816. The van der Waals surface area contributed by atoms with Crippen LogP contribution in [0.25, 0.3) is 0 Å². The van der Waals surface area contributed by atoms with E-state index in [4.69, 9.17) is 9.47 Å². The van der Waals surface area contributed by atoms with Crippen LogP contribution in [0, 0.1) is 6.92 Å². The minimum atomic E-state index is -0.508. The summed E-state index contributed by atoms with van der Waals surface area (Å²) in [4.78, 5) is 34.9. The number of esters is 2. The van der Waals surface area contributed by atoms with Crippen molar-refractivity contribution < 1.29 is 28.6 Å². The lowest BCUT2D eigenvalue weighted by Gasteiger charge is -2.09. The molecule has 0 aliphatic rings. The molecule has 2 aromatic carbocycles. The molecule has 0 heterocycles. The lowest BCUT2D eigenvalue weighted by molar-refractivity contribution is -0.149. The summed E-state index contributed by atoms with van der Waals surface area (Å²) in [6.45, 7) is 2.00. The molecule has 1 N–H and O–H groups in total. The first-order valence-electron chi connectivity index (χ1n) is 8.77. The second-order valence-electron chi connectivity index (χ2n) is 5.99. The average Bonchev–Trinajstić information content (AvgIpc) is 2.72. The number of nitrogens with one attached hydrogen (secondary N) is 1. The van der Waals surface area contributed by atoms with Crippen molar-refractivity contribution in [2.45, 2.75) is 19.9 Å². The van der Waals surface area contributed by atoms with Crippen LogP contribution in [0.5, 0.6) is 5.75 Å². The van der Waals surface area contributed by atoms with Gasteiger partial charge in [0.1, 0.15) is 5.75 Å². The van der Waals surface area contributed by atoms with E-state index in [1.807, 2.05) is 31.2 Å². The van der Waals surface area contributed by atoms with Gasteiger partial charge in [-0.1, -0.05) is 30.3 Å². The zero-order valence-corrected chi connectivity index (χ0v) is 15.9. The van der Waals surface area contributed by atoms with E-state index >= 15 is 0 Å². The highest BCUT2D eigenvalue weighted by Gasteiger charge is 2.09. The van der Waals surface area contributed by atoms with E-state index in [0.29, 0.717) is 11.3 Å². The van der Waals surface area contributed by atoms with Crippen LogP contribution in [0.15, 0.2) is 48.5 Å². The molecule has 7 nitrogen and oxygen atoms in total. The first-order valence-corrected chi connectivity index (χ1v) is 8.77. The lowest BCUT2D eigenvalue weighted by Crippen LogP contribution is -2.28. The van der Waals surface area contributed by atoms with Gasteiger partial charge in [-0.05, 0) is 36.2 Å². The zero-order chi connectivity index (χ0) is 20.4. The Balaban J connectivity index is 1.64. The summed E-state index contributed by atoms with van der Waals surface area (Å²) >= 11 is 0. The molecule has 1 amide bonds. The van der Waals surface area contributed by atoms with Crippen molar-refractivity contribution in [3.63, 3.8) is 0 Å². The number of methoxy groups -OCH3 is 1. The van der Waals surface area contributed by atoms with E-state index in [1.54, 1.807) is 24.3 Å². The molecule has 0 atom stereocenters. The third-order valence-electron chi connectivity index (χ3n) is 3.89. The number of hydrogen-bond acceptors (Lipinski definition) is 6. The van der Waals surface area contributed by atoms with E-state index in [-0.39, 0.29) is 26.2 Å². The molecule has 0 fully saturated rings. The summed E-state index contributed by atoms with van der Waals surface area (Å²) in [6, 6.07) is 14.1. The molecule has 0 spiro atoms. The van der Waals surface area contributed by atoms with Crippen LogP contribution in [0.3, 0.4) is 0 Å². The molecule has 0 bridgehead atoms. The number of amides is 1. The quantitative estimate of drug-likeness (QED) is 0.667. The van der Waals surface area contributed by atoms with Crippen LogP contribution in [0.1, 0.15) is 27.9 Å². The summed E-state index contributed by atoms with van der Waals surface area (Å²) in [5, 5.41) is 2.64. The fraction of sp³-hybridized carbons (Fsp3) is 0.286. The molecule has 28 heavy (non-hydrogen) atoms. The smallest absolute Gasteiger partial charge is 0.337 e. The Morgan fingerprint density at radius 2 is 1.71 bits per heavy atom. The topological polar surface area (TPSA) is 90.9 Å². The third-order valence-corrected chi connectivity index (χ3v) is 3.89. The fourth-order valence-corrected chi connectivity index (χ4v) is 2.31. The predicted molar refractivity (Wildman–Crippen MR) is 102 cm³/mol. The molecule has 0 saturated carbocycles. The molecule has 148 valence electrons. The Morgan fingerprint density at radius 3 is 2.39 bits per heavy atom. The van der Waals surface area contributed by atoms with Crippen molar-refractivity contribution in [1.29, 1.82) is 0 Å². The van der Waals surface area contributed by atoms with Crippen LogP contribution < -0.4 is 10.1 Å². The predicted octanol–water partition coefficient (Wildman–Crippen LogP) is 2.41. The molecule has 0 radical (unpaired) electrons. The fourth-order valence-electron chi connectivity index (χ4n) is 2.31. The highest BCUT2D eigenvalue weighted by Crippen LogP contribution is 2.16. The SMILES string of the molecule is COC(=O)c1ccc(CNC(=O)COC(=O)CCOc2ccccc2C)cc1. The molecule has 2 rings (SSSR count). The van der Waals surface area contributed by atoms with Crippen LogP contribution in [0.4, 0.5) is 0 Å². The van der Waals surface area contributed by atoms with Gasteiger partial charge in [-0.3, -0.25) is 9.59 Å². The minimum Gasteiger partial charge on any atom is -0.493 e. The Hall–Kier alpha value is -3.35. The number of ether oxygens (including phenoxy) is 3. The van der Waals surface area contributed by atoms with Gasteiger partial charge in [0.05, 0.1) is 25.7 Å². The molecule has 0 aliphatic carbocycles. The Labute approximate surface area is 163 Å². The van der Waals surface area contributed by atoms with Gasteiger partial charge in [-0.15, -0.1) is 0 Å². The van der Waals surface area contributed by atoms with E-state index < -0.39 is 17.8 Å². The van der Waals surface area contributed by atoms with Crippen molar-refractivity contribution in [2.75, 3.05) is 20.3 Å². The van der Waals surface area contributed by atoms with Crippen molar-refractivity contribution in [3.05, 3.63) is 65.2 Å². The van der Waals surface area contributed by atoms with Gasteiger partial charge in [0.15, 0.2) is 6.61 Å². The first kappa shape index (κ1) is 21.0. The minimum absolute atomic E-state index is 0.0522. The molecule has 7 heteroatoms. The number of carbonyl (C=O) groups excluding carboxylic acids is 3. The van der Waals surface area contributed by atoms with E-state index in [9.17, 15) is 14.4 Å². The summed E-state index contributed by atoms with van der Waals surface area (Å²) in [7, 11) is 1.31. The van der Waals surface area contributed by atoms with Crippen molar-refractivity contribution in [2.24, 2.45) is 0 Å². The molecule has 0 aromatic heterocycles. The van der Waals surface area contributed by atoms with Crippen molar-refractivity contribution in [3.8, 4) is 5.75 Å². The highest BCUT2D eigenvalue weighted by molar-refractivity contribution is 5.89. The summed E-state index contributed by atoms with van der Waals surface area (Å²) in [6.07, 6.45) is 0.0522. The van der Waals surface area contributed by atoms with Gasteiger partial charge in [-0.2, -0.15) is 0 Å². The highest BCUT2D eigenvalue weighted by atomic mass is 16.5. The molecular formula is C21H23NO6. The maximum Gasteiger partial charge on any atom is 0.337 e. The van der Waals surface area contributed by atoms with Gasteiger partial charge in [0.2, 0.25) is 0 Å². The van der Waals surface area contributed by atoms with Gasteiger partial charge in [-0.25, -0.2) is 4.79 Å². The number of rotatable bonds is 9. The third kappa shape index (κ3) is 6.75. The van der Waals surface area contributed by atoms with Gasteiger partial charge < -0.3 is 19.5 Å². The number of hydrogen-bond donors (Lipinski definition) is 1. The maximum absolute atomic E-state index is 11.8. The van der Waals surface area contributed by atoms with Gasteiger partial charge in [0.25, 0.3) is 5.91 Å². The monoisotopic (exact) mass is 385 g/mol. The second kappa shape index (κ2) is 10.7. The number of para-hydroxylation sites is 1. The first-order chi connectivity index (χ1) is 13.5. The molecule has 0 saturated heterocycles. The van der Waals surface area contributed by atoms with Crippen LogP contribution in [0.2, 0.25) is 0 Å². The largest absolute Gasteiger partial charge is 0.493 e. The summed E-state index contributed by atoms with van der Waals surface area (Å²) in [5.41, 5.74) is 2.22. The van der Waals surface area contributed by atoms with Gasteiger partial charge >= 0.3 is 11.9 Å². The standard InChI is InChI=1S/C21H23NO6/c1-15-5-3-4-6-18(15)27-12-11-20(24)28-14-19(23)22-13-16-7-9-17(10-8-16)21(25)26-2/h3-10H,11-14H2,1-2H3,(H,22,23). The normalized spacial score (nSPS) is 10.1. The summed E-state index contributed by atoms with van der Waals surface area (Å²) in [5.74, 6) is -0.628. The van der Waals surface area contributed by atoms with E-state index in [2.05, 4.69) is 10.1 Å². The van der Waals surface area contributed by atoms with Crippen LogP contribution in [-0.4, -0.2) is 38.2 Å². The molecule has 2 aromatic rings.